The van der Waals surface area contributed by atoms with Crippen LogP contribution < -0.4 is 5.32 Å². The second-order valence-electron chi connectivity index (χ2n) is 5.09. The Labute approximate surface area is 99.3 Å². The van der Waals surface area contributed by atoms with E-state index in [9.17, 15) is 0 Å². The van der Waals surface area contributed by atoms with Crippen LogP contribution in [0.5, 0.6) is 0 Å². The molecule has 0 saturated heterocycles. The summed E-state index contributed by atoms with van der Waals surface area (Å²) in [6, 6.07) is 9.47. The molecular weight excluding hydrogens is 194 g/mol. The lowest BCUT2D eigenvalue weighted by Crippen LogP contribution is -2.24. The summed E-state index contributed by atoms with van der Waals surface area (Å²) in [7, 11) is 0. The molecule has 0 spiro atoms. The summed E-state index contributed by atoms with van der Waals surface area (Å²) in [5.74, 6) is 0.803. The van der Waals surface area contributed by atoms with Gasteiger partial charge in [0.1, 0.15) is 0 Å². The summed E-state index contributed by atoms with van der Waals surface area (Å²) >= 11 is 0. The van der Waals surface area contributed by atoms with Crippen molar-refractivity contribution in [1.82, 2.24) is 5.32 Å². The Hall–Kier alpha value is -0.820. The number of benzene rings is 1. The first-order valence-electron chi connectivity index (χ1n) is 6.62. The molecule has 16 heavy (non-hydrogen) atoms. The zero-order valence-corrected chi connectivity index (χ0v) is 10.5. The maximum absolute atomic E-state index is 3.72. The number of hydrogen-bond acceptors (Lipinski definition) is 1. The molecule has 0 heterocycles. The summed E-state index contributed by atoms with van der Waals surface area (Å²) in [6.07, 6.45) is 5.15. The van der Waals surface area contributed by atoms with Gasteiger partial charge in [-0.15, -0.1) is 0 Å². The van der Waals surface area contributed by atoms with E-state index in [1.165, 1.54) is 31.2 Å². The lowest BCUT2D eigenvalue weighted by molar-refractivity contribution is 0.429. The summed E-state index contributed by atoms with van der Waals surface area (Å²) < 4.78 is 0. The maximum atomic E-state index is 3.72. The van der Waals surface area contributed by atoms with Gasteiger partial charge in [-0.05, 0) is 42.9 Å². The molecule has 1 N–H and O–H groups in total. The van der Waals surface area contributed by atoms with E-state index in [2.05, 4.69) is 43.4 Å². The van der Waals surface area contributed by atoms with Gasteiger partial charge in [-0.1, -0.05) is 44.5 Å². The smallest absolute Gasteiger partial charge is 0.0326 e. The Balaban J connectivity index is 1.88. The molecule has 1 heteroatoms. The highest BCUT2D eigenvalue weighted by atomic mass is 14.9. The molecule has 1 aromatic carbocycles. The molecule has 0 aromatic heterocycles. The van der Waals surface area contributed by atoms with Gasteiger partial charge in [-0.3, -0.25) is 0 Å². The normalized spacial score (nSPS) is 20.8. The van der Waals surface area contributed by atoms with Crippen LogP contribution in [0.4, 0.5) is 0 Å². The third-order valence-corrected chi connectivity index (χ3v) is 3.63. The molecule has 2 rings (SSSR count). The van der Waals surface area contributed by atoms with Crippen LogP contribution >= 0.6 is 0 Å². The highest BCUT2D eigenvalue weighted by molar-refractivity contribution is 5.34. The third-order valence-electron chi connectivity index (χ3n) is 3.63. The minimum absolute atomic E-state index is 0.607. The van der Waals surface area contributed by atoms with Crippen LogP contribution in [0.1, 0.15) is 50.3 Å². The summed E-state index contributed by atoms with van der Waals surface area (Å²) in [5.41, 5.74) is 3.08. The highest BCUT2D eigenvalue weighted by Crippen LogP contribution is 2.30. The molecule has 0 fully saturated rings. The van der Waals surface area contributed by atoms with Gasteiger partial charge >= 0.3 is 0 Å². The van der Waals surface area contributed by atoms with Gasteiger partial charge < -0.3 is 5.32 Å². The van der Waals surface area contributed by atoms with E-state index >= 15 is 0 Å². The second-order valence-corrected chi connectivity index (χ2v) is 5.09. The summed E-state index contributed by atoms with van der Waals surface area (Å²) in [4.78, 5) is 0. The topological polar surface area (TPSA) is 12.0 Å². The zero-order valence-electron chi connectivity index (χ0n) is 10.5. The van der Waals surface area contributed by atoms with Gasteiger partial charge in [-0.25, -0.2) is 0 Å². The molecule has 0 aliphatic heterocycles. The standard InChI is InChI=1S/C15H23N/c1-3-6-12(2)11-16-15-10-9-13-7-4-5-8-14(13)15/h4-5,7-8,12,15-16H,3,6,9-11H2,1-2H3. The first-order valence-corrected chi connectivity index (χ1v) is 6.62. The fourth-order valence-electron chi connectivity index (χ4n) is 2.71. The van der Waals surface area contributed by atoms with Crippen molar-refractivity contribution in [3.63, 3.8) is 0 Å². The van der Waals surface area contributed by atoms with Gasteiger partial charge in [0.15, 0.2) is 0 Å². The molecule has 2 atom stereocenters. The van der Waals surface area contributed by atoms with Crippen LogP contribution in [0.3, 0.4) is 0 Å². The molecule has 1 aliphatic rings. The predicted molar refractivity (Wildman–Crippen MR) is 69.6 cm³/mol. The van der Waals surface area contributed by atoms with Crippen molar-refractivity contribution in [3.05, 3.63) is 35.4 Å². The van der Waals surface area contributed by atoms with E-state index in [-0.39, 0.29) is 0 Å². The van der Waals surface area contributed by atoms with Crippen molar-refractivity contribution in [2.75, 3.05) is 6.54 Å². The lowest BCUT2D eigenvalue weighted by Gasteiger charge is -2.17. The molecule has 0 saturated carbocycles. The van der Waals surface area contributed by atoms with Crippen molar-refractivity contribution in [2.45, 2.75) is 45.6 Å². The van der Waals surface area contributed by atoms with Gasteiger partial charge in [0.2, 0.25) is 0 Å². The molecule has 88 valence electrons. The van der Waals surface area contributed by atoms with Crippen LogP contribution in [-0.4, -0.2) is 6.54 Å². The fraction of sp³-hybridized carbons (Fsp3) is 0.600. The monoisotopic (exact) mass is 217 g/mol. The van der Waals surface area contributed by atoms with Crippen molar-refractivity contribution < 1.29 is 0 Å². The Kier molecular flexibility index (Phi) is 4.00. The van der Waals surface area contributed by atoms with Crippen LogP contribution in [0.2, 0.25) is 0 Å². The van der Waals surface area contributed by atoms with E-state index in [0.717, 1.165) is 12.5 Å². The molecular formula is C15H23N. The van der Waals surface area contributed by atoms with E-state index in [1.807, 2.05) is 0 Å². The Morgan fingerprint density at radius 1 is 1.38 bits per heavy atom. The van der Waals surface area contributed by atoms with Crippen molar-refractivity contribution in [2.24, 2.45) is 5.92 Å². The lowest BCUT2D eigenvalue weighted by atomic mass is 10.0. The van der Waals surface area contributed by atoms with Crippen LogP contribution in [0.15, 0.2) is 24.3 Å². The maximum Gasteiger partial charge on any atom is 0.0326 e. The Bertz CT molecular complexity index is 332. The second kappa shape index (κ2) is 5.49. The molecule has 0 bridgehead atoms. The number of rotatable bonds is 5. The van der Waals surface area contributed by atoms with Crippen LogP contribution in [-0.2, 0) is 6.42 Å². The first-order chi connectivity index (χ1) is 7.81. The van der Waals surface area contributed by atoms with Crippen molar-refractivity contribution in [1.29, 1.82) is 0 Å². The summed E-state index contributed by atoms with van der Waals surface area (Å²) in [6.45, 7) is 5.77. The fourth-order valence-corrected chi connectivity index (χ4v) is 2.71. The van der Waals surface area contributed by atoms with E-state index < -0.39 is 0 Å². The van der Waals surface area contributed by atoms with Gasteiger partial charge in [0.05, 0.1) is 0 Å². The van der Waals surface area contributed by atoms with Crippen molar-refractivity contribution in [3.8, 4) is 0 Å². The minimum Gasteiger partial charge on any atom is -0.310 e. The van der Waals surface area contributed by atoms with E-state index in [4.69, 9.17) is 0 Å². The number of nitrogens with one attached hydrogen (secondary N) is 1. The average Bonchev–Trinajstić information content (AvgIpc) is 2.70. The minimum atomic E-state index is 0.607. The van der Waals surface area contributed by atoms with E-state index in [0.29, 0.717) is 6.04 Å². The molecule has 2 unspecified atom stereocenters. The highest BCUT2D eigenvalue weighted by Gasteiger charge is 2.21. The first kappa shape index (κ1) is 11.7. The van der Waals surface area contributed by atoms with Crippen LogP contribution in [0.25, 0.3) is 0 Å². The van der Waals surface area contributed by atoms with E-state index in [1.54, 1.807) is 5.56 Å². The third kappa shape index (κ3) is 2.65. The molecule has 1 nitrogen and oxygen atoms in total. The Morgan fingerprint density at radius 2 is 2.19 bits per heavy atom. The molecule has 1 aliphatic carbocycles. The quantitative estimate of drug-likeness (QED) is 0.793. The van der Waals surface area contributed by atoms with Crippen molar-refractivity contribution >= 4 is 0 Å². The van der Waals surface area contributed by atoms with Gasteiger partial charge in [0.25, 0.3) is 0 Å². The predicted octanol–water partition coefficient (Wildman–Crippen LogP) is 3.70. The van der Waals surface area contributed by atoms with Gasteiger partial charge in [0, 0.05) is 6.04 Å². The molecule has 0 radical (unpaired) electrons. The number of fused-ring (bicyclic) bond motifs is 1. The van der Waals surface area contributed by atoms with Crippen LogP contribution in [0, 0.1) is 5.92 Å². The average molecular weight is 217 g/mol. The molecule has 1 aromatic rings. The largest absolute Gasteiger partial charge is 0.310 e. The number of aryl methyl sites for hydroxylation is 1. The van der Waals surface area contributed by atoms with Gasteiger partial charge in [-0.2, -0.15) is 0 Å². The molecule has 0 amide bonds. The number of hydrogen-bond donors (Lipinski definition) is 1. The summed E-state index contributed by atoms with van der Waals surface area (Å²) in [5, 5.41) is 3.72. The Morgan fingerprint density at radius 3 is 3.00 bits per heavy atom. The SMILES string of the molecule is CCCC(C)CNC1CCc2ccccc21. The zero-order chi connectivity index (χ0) is 11.4.